The highest BCUT2D eigenvalue weighted by molar-refractivity contribution is 6.74. The molecule has 4 aliphatic rings. The molecule has 1 spiro atoms. The third-order valence-corrected chi connectivity index (χ3v) is 18.0. The smallest absolute Gasteiger partial charge is 0.509 e. The number of likely N-dealkylation sites (N-methyl/N-ethyl adjacent to an activating group) is 1. The van der Waals surface area contributed by atoms with Crippen LogP contribution in [0.5, 0.6) is 11.5 Å². The molecule has 2 bridgehead atoms. The summed E-state index contributed by atoms with van der Waals surface area (Å²) in [7, 11) is -0.538. The number of hydrogen-bond acceptors (Lipinski definition) is 19. The van der Waals surface area contributed by atoms with Gasteiger partial charge in [0.05, 0.1) is 37.1 Å². The van der Waals surface area contributed by atoms with Gasteiger partial charge in [-0.15, -0.1) is 0 Å². The third-order valence-electron chi connectivity index (χ3n) is 13.6. The van der Waals surface area contributed by atoms with Crippen LogP contribution in [0.1, 0.15) is 154 Å². The van der Waals surface area contributed by atoms with Gasteiger partial charge in [0.1, 0.15) is 39.5 Å². The van der Waals surface area contributed by atoms with Gasteiger partial charge in [0, 0.05) is 25.1 Å². The van der Waals surface area contributed by atoms with Crippen LogP contribution in [0.25, 0.3) is 0 Å². The molecule has 1 unspecified atom stereocenters. The minimum absolute atomic E-state index is 0.0849. The number of ether oxygens (including phenoxy) is 9. The Balaban J connectivity index is 1.42. The standard InChI is InChI=1S/C55H83N3O18Si/c1-49(2,3)71-40(61)30-35(68-47(65)74-51(7,8)9)45(63)56-26-22-38(59)67-34-21-24-55(73-39(60)23-27-57-46(64)36(31-41(62)72-50(4,5)6)69-48(66)75-52(10,11)12)37-29-32-19-20-33(76-77(17,18)53(13,14)15)43-42(32)54(55,44(34)70-43)25-28-58(37)16/h19-21,35-37,44H,22-31H2,1-18H3,(H,56,63)(H,57,64)/t35-,36-,37+,44-,54?,55+/m0/s1. The van der Waals surface area contributed by atoms with Crippen LogP contribution in [-0.4, -0.2) is 140 Å². The van der Waals surface area contributed by atoms with Gasteiger partial charge in [-0.25, -0.2) is 9.59 Å². The molecule has 2 N–H and O–H groups in total. The second-order valence-electron chi connectivity index (χ2n) is 25.7. The third kappa shape index (κ3) is 15.4. The lowest BCUT2D eigenvalue weighted by molar-refractivity contribution is -0.206. The Morgan fingerprint density at radius 3 is 1.64 bits per heavy atom. The van der Waals surface area contributed by atoms with Gasteiger partial charge < -0.3 is 57.7 Å². The first-order chi connectivity index (χ1) is 35.2. The zero-order valence-corrected chi connectivity index (χ0v) is 49.4. The van der Waals surface area contributed by atoms with Gasteiger partial charge in [0.25, 0.3) is 20.1 Å². The van der Waals surface area contributed by atoms with E-state index in [4.69, 9.17) is 47.1 Å². The number of nitrogens with zero attached hydrogens (tertiary/aromatic N) is 1. The SMILES string of the molecule is CN1CCC23c4c5ccc(O[Si](C)(C)C(C)(C)C)c4O[C@H]2C(OC(=O)CCNC(=O)[C@H](CC(=O)OC(C)(C)C)OC(=O)OC(C)(C)C)=CC[C@@]3(OC(=O)CCNC(=O)[C@H](CC(=O)OC(C)(C)C)OC(=O)OC(C)(C)C)[C@H]1C5. The van der Waals surface area contributed by atoms with E-state index in [1.165, 1.54) is 0 Å². The van der Waals surface area contributed by atoms with Gasteiger partial charge in [0.2, 0.25) is 0 Å². The number of hydrogen-bond donors (Lipinski definition) is 2. The predicted octanol–water partition coefficient (Wildman–Crippen LogP) is 7.56. The summed E-state index contributed by atoms with van der Waals surface area (Å²) in [5, 5.41) is 4.97. The number of carbonyl (C=O) groups is 8. The Morgan fingerprint density at radius 1 is 0.688 bits per heavy atom. The van der Waals surface area contributed by atoms with E-state index in [-0.39, 0.29) is 43.1 Å². The predicted molar refractivity (Wildman–Crippen MR) is 281 cm³/mol. The Labute approximate surface area is 453 Å². The van der Waals surface area contributed by atoms with Crippen molar-refractivity contribution in [3.05, 3.63) is 35.1 Å². The van der Waals surface area contributed by atoms with E-state index in [9.17, 15) is 38.4 Å². The van der Waals surface area contributed by atoms with Crippen molar-refractivity contribution >= 4 is 56.3 Å². The number of amides is 2. The van der Waals surface area contributed by atoms with Crippen LogP contribution >= 0.6 is 0 Å². The van der Waals surface area contributed by atoms with E-state index in [1.807, 2.05) is 19.2 Å². The number of benzene rings is 1. The molecule has 1 aromatic rings. The molecule has 5 rings (SSSR count). The fraction of sp³-hybridized carbons (Fsp3) is 0.709. The maximum atomic E-state index is 14.4. The minimum atomic E-state index is -2.49. The molecular formula is C55H83N3O18Si. The van der Waals surface area contributed by atoms with Crippen molar-refractivity contribution in [2.45, 2.75) is 225 Å². The topological polar surface area (TPSA) is 256 Å². The zero-order chi connectivity index (χ0) is 58.1. The van der Waals surface area contributed by atoms with Crippen LogP contribution in [0.3, 0.4) is 0 Å². The fourth-order valence-corrected chi connectivity index (χ4v) is 10.6. The molecule has 2 heterocycles. The van der Waals surface area contributed by atoms with Gasteiger partial charge >= 0.3 is 36.2 Å². The van der Waals surface area contributed by atoms with Gasteiger partial charge in [-0.1, -0.05) is 26.8 Å². The van der Waals surface area contributed by atoms with Gasteiger partial charge in [-0.3, -0.25) is 33.7 Å². The number of esters is 4. The van der Waals surface area contributed by atoms with Crippen molar-refractivity contribution in [3.8, 4) is 11.5 Å². The molecule has 2 aliphatic heterocycles. The van der Waals surface area contributed by atoms with Gasteiger partial charge in [-0.05, 0) is 145 Å². The van der Waals surface area contributed by atoms with Crippen LogP contribution < -0.4 is 19.8 Å². The molecule has 1 fully saturated rings. The Bertz CT molecular complexity index is 2410. The van der Waals surface area contributed by atoms with Crippen LogP contribution in [0, 0.1) is 0 Å². The molecule has 0 aromatic heterocycles. The van der Waals surface area contributed by atoms with Crippen molar-refractivity contribution in [1.82, 2.24) is 15.5 Å². The largest absolute Gasteiger partial charge is 0.541 e. The van der Waals surface area contributed by atoms with E-state index in [1.54, 1.807) is 89.2 Å². The van der Waals surface area contributed by atoms with E-state index in [2.05, 4.69) is 49.4 Å². The van der Waals surface area contributed by atoms with Crippen molar-refractivity contribution in [1.29, 1.82) is 0 Å². The maximum absolute atomic E-state index is 14.4. The maximum Gasteiger partial charge on any atom is 0.509 e. The number of piperidine rings is 1. The second-order valence-corrected chi connectivity index (χ2v) is 30.4. The number of nitrogens with one attached hydrogen (secondary N) is 2. The van der Waals surface area contributed by atoms with Crippen molar-refractivity contribution in [2.24, 2.45) is 0 Å². The zero-order valence-electron chi connectivity index (χ0n) is 48.4. The fourth-order valence-electron chi connectivity index (χ4n) is 9.57. The molecule has 430 valence electrons. The number of likely N-dealkylation sites (tertiary alicyclic amines) is 1. The molecular weight excluding hydrogens is 1020 g/mol. The van der Waals surface area contributed by atoms with Crippen LogP contribution in [0.15, 0.2) is 24.0 Å². The second kappa shape index (κ2) is 22.8. The average Bonchev–Trinajstić information content (AvgIpc) is 3.59. The highest BCUT2D eigenvalue weighted by Crippen LogP contribution is 2.67. The van der Waals surface area contributed by atoms with Crippen LogP contribution in [0.2, 0.25) is 18.1 Å². The van der Waals surface area contributed by atoms with E-state index >= 15 is 0 Å². The molecule has 77 heavy (non-hydrogen) atoms. The summed E-state index contributed by atoms with van der Waals surface area (Å²) in [5.74, 6) is -3.61. The lowest BCUT2D eigenvalue weighted by Gasteiger charge is -2.62. The highest BCUT2D eigenvalue weighted by Gasteiger charge is 2.74. The van der Waals surface area contributed by atoms with Crippen LogP contribution in [-0.2, 0) is 78.5 Å². The molecule has 22 heteroatoms. The minimum Gasteiger partial charge on any atom is -0.541 e. The van der Waals surface area contributed by atoms with E-state index in [0.29, 0.717) is 30.9 Å². The highest BCUT2D eigenvalue weighted by atomic mass is 28.4. The van der Waals surface area contributed by atoms with E-state index < -0.39 is 127 Å². The van der Waals surface area contributed by atoms with Crippen molar-refractivity contribution < 1.29 is 85.4 Å². The van der Waals surface area contributed by atoms with Crippen molar-refractivity contribution in [3.63, 3.8) is 0 Å². The Hall–Kier alpha value is -5.90. The molecule has 2 aliphatic carbocycles. The average molecular weight is 1100 g/mol. The summed E-state index contributed by atoms with van der Waals surface area (Å²) < 4.78 is 58.7. The molecule has 0 radical (unpaired) electrons. The molecule has 21 nitrogen and oxygen atoms in total. The van der Waals surface area contributed by atoms with Crippen LogP contribution in [0.4, 0.5) is 9.59 Å². The molecule has 2 amide bonds. The van der Waals surface area contributed by atoms with Crippen molar-refractivity contribution in [2.75, 3.05) is 26.7 Å². The summed E-state index contributed by atoms with van der Waals surface area (Å²) in [4.78, 5) is 108. The lowest BCUT2D eigenvalue weighted by Crippen LogP contribution is -2.75. The quantitative estimate of drug-likeness (QED) is 0.0816. The summed E-state index contributed by atoms with van der Waals surface area (Å²) in [5.41, 5.74) is -4.38. The molecule has 1 saturated heterocycles. The Morgan fingerprint density at radius 2 is 1.17 bits per heavy atom. The summed E-state index contributed by atoms with van der Waals surface area (Å²) in [6, 6.07) is 3.53. The van der Waals surface area contributed by atoms with Gasteiger partial charge in [0.15, 0.2) is 24.1 Å². The first-order valence-electron chi connectivity index (χ1n) is 26.3. The molecule has 0 saturated carbocycles. The van der Waals surface area contributed by atoms with Gasteiger partial charge in [-0.2, -0.15) is 0 Å². The number of rotatable bonds is 18. The number of carbonyl (C=O) groups excluding carboxylic acids is 8. The summed E-state index contributed by atoms with van der Waals surface area (Å²) in [6.45, 7) is 30.2. The molecule has 6 atom stereocenters. The normalized spacial score (nSPS) is 21.8. The first kappa shape index (κ1) is 61.9. The monoisotopic (exact) mass is 1100 g/mol. The lowest BCUT2D eigenvalue weighted by atomic mass is 9.50. The molecule has 1 aromatic carbocycles. The summed E-state index contributed by atoms with van der Waals surface area (Å²) in [6.07, 6.45) is -5.94. The first-order valence-corrected chi connectivity index (χ1v) is 29.2. The summed E-state index contributed by atoms with van der Waals surface area (Å²) >= 11 is 0. The Kier molecular flexibility index (Phi) is 18.4. The van der Waals surface area contributed by atoms with E-state index in [0.717, 1.165) is 11.1 Å².